The third kappa shape index (κ3) is 5.96. The van der Waals surface area contributed by atoms with Crippen LogP contribution in [0.4, 0.5) is 0 Å². The standard InChI is InChI=1S/C26H21N3O4S.CH3NO2.ClH/c30-34(31,28-15-13-19-14-16-32-26(19)17-28)23-11-9-22(10-12-23)33-21-7-5-20(6-8-21)29-18-27-24-3-1-2-4-25(24)29;3-1-2-4;/h1-12,14,16,18H,13,15,17H2;1,4H,(H,2,3);1H. The van der Waals surface area contributed by atoms with Gasteiger partial charge in [0.05, 0.1) is 28.7 Å². The summed E-state index contributed by atoms with van der Waals surface area (Å²) >= 11 is 0. The Hall–Kier alpha value is -4.16. The summed E-state index contributed by atoms with van der Waals surface area (Å²) < 4.78 is 41.0. The first-order valence-corrected chi connectivity index (χ1v) is 13.1. The van der Waals surface area contributed by atoms with Gasteiger partial charge >= 0.3 is 0 Å². The van der Waals surface area contributed by atoms with Crippen LogP contribution in [0, 0.1) is 0 Å². The highest BCUT2D eigenvalue weighted by atomic mass is 35.5. The summed E-state index contributed by atoms with van der Waals surface area (Å²) in [6.07, 6.45) is 4.24. The molecule has 39 heavy (non-hydrogen) atoms. The molecule has 12 heteroatoms. The summed E-state index contributed by atoms with van der Waals surface area (Å²) in [7, 11) is -3.61. The van der Waals surface area contributed by atoms with Crippen molar-refractivity contribution in [3.8, 4) is 17.2 Å². The van der Waals surface area contributed by atoms with E-state index in [-0.39, 0.29) is 30.3 Å². The first-order valence-electron chi connectivity index (χ1n) is 11.7. The topological polar surface area (TPSA) is 127 Å². The molecule has 10 nitrogen and oxygen atoms in total. The van der Waals surface area contributed by atoms with E-state index < -0.39 is 10.0 Å². The molecule has 1 aliphatic rings. The van der Waals surface area contributed by atoms with Gasteiger partial charge in [0.25, 0.3) is 0 Å². The normalized spacial score (nSPS) is 12.9. The molecular weight excluding hydrogens is 544 g/mol. The van der Waals surface area contributed by atoms with Crippen molar-refractivity contribution >= 4 is 39.9 Å². The number of benzene rings is 3. The molecule has 2 N–H and O–H groups in total. The van der Waals surface area contributed by atoms with Crippen molar-refractivity contribution in [2.24, 2.45) is 0 Å². The van der Waals surface area contributed by atoms with Gasteiger partial charge in [-0.1, -0.05) is 12.1 Å². The average molecular weight is 569 g/mol. The fourth-order valence-corrected chi connectivity index (χ4v) is 5.62. The third-order valence-corrected chi connectivity index (χ3v) is 7.97. The molecule has 1 amide bonds. The number of hydrogen-bond donors (Lipinski definition) is 2. The lowest BCUT2D eigenvalue weighted by molar-refractivity contribution is -0.116. The van der Waals surface area contributed by atoms with Crippen molar-refractivity contribution in [3.63, 3.8) is 0 Å². The van der Waals surface area contributed by atoms with Gasteiger partial charge in [0.15, 0.2) is 0 Å². The smallest absolute Gasteiger partial charge is 0.243 e. The molecule has 0 bridgehead atoms. The van der Waals surface area contributed by atoms with Crippen LogP contribution in [0.1, 0.15) is 11.3 Å². The lowest BCUT2D eigenvalue weighted by Gasteiger charge is -2.25. The summed E-state index contributed by atoms with van der Waals surface area (Å²) in [6, 6.07) is 24.0. The molecule has 3 aromatic carbocycles. The van der Waals surface area contributed by atoms with Gasteiger partial charge in [0.1, 0.15) is 23.6 Å². The number of carbonyl (C=O) groups excluding carboxylic acids is 1. The number of amides is 1. The number of furan rings is 1. The lowest BCUT2D eigenvalue weighted by atomic mass is 10.1. The molecular formula is C27H25ClN4O6S. The van der Waals surface area contributed by atoms with E-state index in [0.29, 0.717) is 30.2 Å². The van der Waals surface area contributed by atoms with Crippen LogP contribution in [0.2, 0.25) is 0 Å². The maximum absolute atomic E-state index is 13.1. The van der Waals surface area contributed by atoms with E-state index >= 15 is 0 Å². The molecule has 0 radical (unpaired) electrons. The Morgan fingerprint density at radius 2 is 1.64 bits per heavy atom. The SMILES string of the molecule is Cl.O=CNO.O=S(=O)(c1ccc(Oc2ccc(-n3cnc4ccccc43)cc2)cc1)N1CCc2ccoc2C1. The van der Waals surface area contributed by atoms with E-state index in [1.165, 1.54) is 9.79 Å². The van der Waals surface area contributed by atoms with Crippen LogP contribution in [0.3, 0.4) is 0 Å². The summed E-state index contributed by atoms with van der Waals surface area (Å²) in [5.74, 6) is 1.93. The summed E-state index contributed by atoms with van der Waals surface area (Å²) in [5.41, 5.74) is 5.27. The van der Waals surface area contributed by atoms with E-state index in [2.05, 4.69) is 4.98 Å². The number of halogens is 1. The maximum atomic E-state index is 13.1. The monoisotopic (exact) mass is 568 g/mol. The Labute approximate surface area is 230 Å². The number of nitrogens with one attached hydrogen (secondary N) is 1. The fourth-order valence-electron chi connectivity index (χ4n) is 4.22. The number of sulfonamides is 1. The van der Waals surface area contributed by atoms with Crippen molar-refractivity contribution in [1.82, 2.24) is 19.3 Å². The number of hydrogen-bond acceptors (Lipinski definition) is 7. The van der Waals surface area contributed by atoms with Crippen LogP contribution < -0.4 is 10.2 Å². The predicted molar refractivity (Wildman–Crippen MR) is 146 cm³/mol. The number of aromatic nitrogens is 2. The highest BCUT2D eigenvalue weighted by molar-refractivity contribution is 7.89. The van der Waals surface area contributed by atoms with Crippen molar-refractivity contribution in [1.29, 1.82) is 0 Å². The summed E-state index contributed by atoms with van der Waals surface area (Å²) in [6.45, 7) is 0.688. The van der Waals surface area contributed by atoms with Gasteiger partial charge in [-0.15, -0.1) is 12.4 Å². The van der Waals surface area contributed by atoms with Gasteiger partial charge in [-0.3, -0.25) is 14.6 Å². The highest BCUT2D eigenvalue weighted by Crippen LogP contribution is 2.28. The Morgan fingerprint density at radius 3 is 2.33 bits per heavy atom. The molecule has 3 heterocycles. The maximum Gasteiger partial charge on any atom is 0.243 e. The second-order valence-electron chi connectivity index (χ2n) is 8.38. The van der Waals surface area contributed by atoms with Gasteiger partial charge in [0.2, 0.25) is 16.4 Å². The minimum atomic E-state index is -3.61. The number of ether oxygens (including phenoxy) is 1. The number of hydroxylamine groups is 1. The van der Waals surface area contributed by atoms with Gasteiger partial charge in [-0.2, -0.15) is 4.31 Å². The Kier molecular flexibility index (Phi) is 8.67. The van der Waals surface area contributed by atoms with Crippen LogP contribution in [-0.2, 0) is 27.8 Å². The summed E-state index contributed by atoms with van der Waals surface area (Å²) in [4.78, 5) is 13.5. The van der Waals surface area contributed by atoms with E-state index in [1.54, 1.807) is 36.9 Å². The number of fused-ring (bicyclic) bond motifs is 2. The van der Waals surface area contributed by atoms with Gasteiger partial charge in [-0.05, 0) is 78.7 Å². The molecule has 0 fully saturated rings. The van der Waals surface area contributed by atoms with Crippen LogP contribution in [0.15, 0.2) is 101 Å². The second kappa shape index (κ2) is 12.1. The first-order chi connectivity index (χ1) is 18.5. The minimum absolute atomic E-state index is 0. The van der Waals surface area contributed by atoms with E-state index in [9.17, 15) is 8.42 Å². The molecule has 0 unspecified atom stereocenters. The van der Waals surface area contributed by atoms with E-state index in [1.807, 2.05) is 59.2 Å². The number of para-hydroxylation sites is 2. The van der Waals surface area contributed by atoms with Crippen molar-refractivity contribution in [2.45, 2.75) is 17.9 Å². The van der Waals surface area contributed by atoms with E-state index in [4.69, 9.17) is 19.2 Å². The number of carbonyl (C=O) groups is 1. The fraction of sp³-hybridized carbons (Fsp3) is 0.111. The Morgan fingerprint density at radius 1 is 0.974 bits per heavy atom. The molecule has 0 spiro atoms. The Balaban J connectivity index is 0.000000662. The van der Waals surface area contributed by atoms with Gasteiger partial charge in [-0.25, -0.2) is 18.9 Å². The van der Waals surface area contributed by atoms with Crippen LogP contribution >= 0.6 is 12.4 Å². The molecule has 202 valence electrons. The highest BCUT2D eigenvalue weighted by Gasteiger charge is 2.29. The lowest BCUT2D eigenvalue weighted by Crippen LogP contribution is -2.35. The van der Waals surface area contributed by atoms with E-state index in [0.717, 1.165) is 22.3 Å². The zero-order valence-corrected chi connectivity index (χ0v) is 22.1. The largest absolute Gasteiger partial charge is 0.468 e. The molecule has 0 saturated heterocycles. The Bertz CT molecular complexity index is 1650. The zero-order chi connectivity index (χ0) is 26.5. The third-order valence-electron chi connectivity index (χ3n) is 6.11. The first kappa shape index (κ1) is 27.9. The van der Waals surface area contributed by atoms with Gasteiger partial charge in [0, 0.05) is 12.2 Å². The number of nitrogens with zero attached hydrogens (tertiary/aromatic N) is 3. The van der Waals surface area contributed by atoms with Crippen molar-refractivity contribution in [2.75, 3.05) is 6.54 Å². The number of rotatable bonds is 6. The molecule has 1 aliphatic heterocycles. The number of imidazole rings is 1. The summed E-state index contributed by atoms with van der Waals surface area (Å²) in [5, 5.41) is 7.26. The predicted octanol–water partition coefficient (Wildman–Crippen LogP) is 4.70. The van der Waals surface area contributed by atoms with Crippen LogP contribution in [-0.4, -0.2) is 40.4 Å². The molecule has 0 aliphatic carbocycles. The molecule has 0 saturated carbocycles. The molecule has 5 aromatic rings. The quantitative estimate of drug-likeness (QED) is 0.173. The second-order valence-corrected chi connectivity index (χ2v) is 10.3. The van der Waals surface area contributed by atoms with Crippen molar-refractivity contribution in [3.05, 3.63) is 103 Å². The van der Waals surface area contributed by atoms with Gasteiger partial charge < -0.3 is 9.15 Å². The average Bonchev–Trinajstić information content (AvgIpc) is 3.61. The molecule has 0 atom stereocenters. The zero-order valence-electron chi connectivity index (χ0n) is 20.5. The molecule has 2 aromatic heterocycles. The van der Waals surface area contributed by atoms with Crippen molar-refractivity contribution < 1.29 is 27.6 Å². The minimum Gasteiger partial charge on any atom is -0.468 e. The van der Waals surface area contributed by atoms with Crippen LogP contribution in [0.5, 0.6) is 11.5 Å². The van der Waals surface area contributed by atoms with Crippen LogP contribution in [0.25, 0.3) is 16.7 Å². The molecule has 6 rings (SSSR count).